The smallest absolute Gasteiger partial charge is 0.368 e. The average molecular weight is 295 g/mol. The normalized spacial score (nSPS) is 17.3. The molecule has 1 heterocycles. The zero-order valence-electron chi connectivity index (χ0n) is 10.0. The van der Waals surface area contributed by atoms with E-state index in [1.54, 1.807) is 6.92 Å². The van der Waals surface area contributed by atoms with Crippen LogP contribution in [0.2, 0.25) is 0 Å². The Morgan fingerprint density at radius 2 is 2.21 bits per heavy atom. The number of aromatic nitrogens is 2. The number of hydrogen-bond acceptors (Lipinski definition) is 5. The molecule has 1 fully saturated rings. The Balaban J connectivity index is 1.85. The Morgan fingerprint density at radius 1 is 1.53 bits per heavy atom. The second-order valence-electron chi connectivity index (χ2n) is 4.32. The van der Waals surface area contributed by atoms with E-state index in [1.165, 1.54) is 0 Å². The van der Waals surface area contributed by atoms with Crippen molar-refractivity contribution in [1.29, 1.82) is 0 Å². The van der Waals surface area contributed by atoms with Gasteiger partial charge >= 0.3 is 6.18 Å². The molecule has 1 aromatic heterocycles. The Kier molecular flexibility index (Phi) is 4.04. The van der Waals surface area contributed by atoms with Gasteiger partial charge in [0.05, 0.1) is 6.61 Å². The monoisotopic (exact) mass is 295 g/mol. The van der Waals surface area contributed by atoms with Gasteiger partial charge < -0.3 is 4.74 Å². The average Bonchev–Trinajstić information content (AvgIpc) is 3.02. The van der Waals surface area contributed by atoms with Crippen molar-refractivity contribution >= 4 is 22.4 Å². The van der Waals surface area contributed by atoms with Gasteiger partial charge in [-0.15, -0.1) is 10.2 Å². The van der Waals surface area contributed by atoms with Gasteiger partial charge in [-0.25, -0.2) is 0 Å². The maximum atomic E-state index is 12.3. The van der Waals surface area contributed by atoms with Crippen LogP contribution in [-0.2, 0) is 15.7 Å². The van der Waals surface area contributed by atoms with Crippen molar-refractivity contribution < 1.29 is 22.7 Å². The first kappa shape index (κ1) is 14.2. The molecule has 2 rings (SSSR count). The van der Waals surface area contributed by atoms with E-state index in [0.717, 1.165) is 12.8 Å². The molecular weight excluding hydrogens is 283 g/mol. The lowest BCUT2D eigenvalue weighted by Gasteiger charge is -2.11. The van der Waals surface area contributed by atoms with Gasteiger partial charge in [-0.3, -0.25) is 10.1 Å². The van der Waals surface area contributed by atoms with Crippen LogP contribution in [0.3, 0.4) is 0 Å². The van der Waals surface area contributed by atoms with Crippen LogP contribution in [0.25, 0.3) is 0 Å². The third-order valence-corrected chi connectivity index (χ3v) is 3.43. The molecule has 1 unspecified atom stereocenters. The van der Waals surface area contributed by atoms with Gasteiger partial charge in [-0.05, 0) is 25.7 Å². The van der Waals surface area contributed by atoms with Gasteiger partial charge in [0.15, 0.2) is 0 Å². The van der Waals surface area contributed by atoms with E-state index in [-0.39, 0.29) is 16.5 Å². The second kappa shape index (κ2) is 5.41. The topological polar surface area (TPSA) is 64.1 Å². The van der Waals surface area contributed by atoms with Crippen molar-refractivity contribution in [3.63, 3.8) is 0 Å². The van der Waals surface area contributed by atoms with E-state index in [4.69, 9.17) is 4.74 Å². The van der Waals surface area contributed by atoms with Crippen molar-refractivity contribution in [3.8, 4) is 0 Å². The molecule has 0 saturated heterocycles. The minimum Gasteiger partial charge on any atom is -0.368 e. The van der Waals surface area contributed by atoms with Gasteiger partial charge in [0.1, 0.15) is 6.10 Å². The second-order valence-corrected chi connectivity index (χ2v) is 5.30. The first-order valence-electron chi connectivity index (χ1n) is 5.69. The van der Waals surface area contributed by atoms with Crippen molar-refractivity contribution in [2.24, 2.45) is 5.92 Å². The summed E-state index contributed by atoms with van der Waals surface area (Å²) in [5.41, 5.74) is 0. The summed E-state index contributed by atoms with van der Waals surface area (Å²) in [5.74, 6) is -0.0147. The maximum absolute atomic E-state index is 12.3. The molecule has 0 bridgehead atoms. The Morgan fingerprint density at radius 3 is 2.74 bits per heavy atom. The molecule has 1 aliphatic carbocycles. The van der Waals surface area contributed by atoms with Crippen molar-refractivity contribution in [2.45, 2.75) is 32.0 Å². The first-order valence-corrected chi connectivity index (χ1v) is 6.51. The summed E-state index contributed by atoms with van der Waals surface area (Å²) < 4.78 is 42.1. The number of alkyl halides is 3. The van der Waals surface area contributed by atoms with Gasteiger partial charge in [0, 0.05) is 0 Å². The van der Waals surface area contributed by atoms with Crippen LogP contribution in [0.5, 0.6) is 0 Å². The highest BCUT2D eigenvalue weighted by atomic mass is 32.1. The fourth-order valence-electron chi connectivity index (χ4n) is 1.24. The minimum absolute atomic E-state index is 0.181. The highest BCUT2D eigenvalue weighted by Crippen LogP contribution is 2.33. The lowest BCUT2D eigenvalue weighted by Crippen LogP contribution is -2.28. The Bertz CT molecular complexity index is 459. The highest BCUT2D eigenvalue weighted by molar-refractivity contribution is 7.15. The number of ether oxygens (including phenoxy) is 1. The molecule has 1 aromatic rings. The van der Waals surface area contributed by atoms with Crippen molar-refractivity contribution in [3.05, 3.63) is 5.01 Å². The predicted octanol–water partition coefficient (Wildman–Crippen LogP) is 2.31. The van der Waals surface area contributed by atoms with Gasteiger partial charge in [0.25, 0.3) is 5.91 Å². The lowest BCUT2D eigenvalue weighted by molar-refractivity contribution is -0.138. The van der Waals surface area contributed by atoms with E-state index < -0.39 is 23.2 Å². The summed E-state index contributed by atoms with van der Waals surface area (Å²) in [6.07, 6.45) is -3.08. The summed E-state index contributed by atoms with van der Waals surface area (Å²) in [7, 11) is 0. The SMILES string of the molecule is CC(OCC1CC1)C(=O)Nc1nnc(C(F)(F)F)s1. The third-order valence-electron chi connectivity index (χ3n) is 2.55. The molecule has 0 spiro atoms. The zero-order chi connectivity index (χ0) is 14.0. The molecule has 19 heavy (non-hydrogen) atoms. The molecule has 0 aliphatic heterocycles. The van der Waals surface area contributed by atoms with Crippen LogP contribution in [0.4, 0.5) is 18.3 Å². The van der Waals surface area contributed by atoms with Gasteiger partial charge in [-0.2, -0.15) is 13.2 Å². The molecule has 9 heteroatoms. The van der Waals surface area contributed by atoms with Gasteiger partial charge in [0.2, 0.25) is 10.1 Å². The standard InChI is InChI=1S/C10H12F3N3O2S/c1-5(18-4-6-2-3-6)7(17)14-9-16-15-8(19-9)10(11,12)13/h5-6H,2-4H2,1H3,(H,14,16,17). The van der Waals surface area contributed by atoms with Crippen LogP contribution in [-0.4, -0.2) is 28.8 Å². The maximum Gasteiger partial charge on any atom is 0.445 e. The number of nitrogens with zero attached hydrogens (tertiary/aromatic N) is 2. The number of amides is 1. The molecule has 1 amide bonds. The number of anilines is 1. The van der Waals surface area contributed by atoms with E-state index >= 15 is 0 Å². The van der Waals surface area contributed by atoms with Crippen LogP contribution in [0, 0.1) is 5.92 Å². The van der Waals surface area contributed by atoms with E-state index in [2.05, 4.69) is 15.5 Å². The van der Waals surface area contributed by atoms with Crippen LogP contribution in [0.15, 0.2) is 0 Å². The van der Waals surface area contributed by atoms with Gasteiger partial charge in [-0.1, -0.05) is 11.3 Å². The quantitative estimate of drug-likeness (QED) is 0.905. The van der Waals surface area contributed by atoms with Crippen LogP contribution in [0.1, 0.15) is 24.8 Å². The highest BCUT2D eigenvalue weighted by Gasteiger charge is 2.36. The molecule has 106 valence electrons. The molecule has 1 aliphatic rings. The van der Waals surface area contributed by atoms with Crippen LogP contribution < -0.4 is 5.32 Å². The third kappa shape index (κ3) is 4.13. The fourth-order valence-corrected chi connectivity index (χ4v) is 1.85. The summed E-state index contributed by atoms with van der Waals surface area (Å²) in [6, 6.07) is 0. The lowest BCUT2D eigenvalue weighted by atomic mass is 10.3. The number of rotatable bonds is 5. The van der Waals surface area contributed by atoms with Crippen molar-refractivity contribution in [1.82, 2.24) is 10.2 Å². The molecule has 1 saturated carbocycles. The molecule has 0 aromatic carbocycles. The predicted molar refractivity (Wildman–Crippen MR) is 61.7 cm³/mol. The number of hydrogen-bond donors (Lipinski definition) is 1. The summed E-state index contributed by atoms with van der Waals surface area (Å²) in [4.78, 5) is 11.6. The summed E-state index contributed by atoms with van der Waals surface area (Å²) in [6.45, 7) is 2.04. The zero-order valence-corrected chi connectivity index (χ0v) is 10.8. The van der Waals surface area contributed by atoms with E-state index in [1.807, 2.05) is 0 Å². The number of carbonyl (C=O) groups excluding carboxylic acids is 1. The number of carbonyl (C=O) groups is 1. The Hall–Kier alpha value is -1.22. The summed E-state index contributed by atoms with van der Waals surface area (Å²) >= 11 is 0.288. The van der Waals surface area contributed by atoms with Crippen LogP contribution >= 0.6 is 11.3 Å². The van der Waals surface area contributed by atoms with Crippen molar-refractivity contribution in [2.75, 3.05) is 11.9 Å². The minimum atomic E-state index is -4.55. The Labute approximate surface area is 111 Å². The molecule has 1 N–H and O–H groups in total. The molecule has 0 radical (unpaired) electrons. The van der Waals surface area contributed by atoms with E-state index in [0.29, 0.717) is 12.5 Å². The first-order chi connectivity index (χ1) is 8.86. The largest absolute Gasteiger partial charge is 0.445 e. The van der Waals surface area contributed by atoms with E-state index in [9.17, 15) is 18.0 Å². The molecular formula is C10H12F3N3O2S. The molecule has 1 atom stereocenters. The fraction of sp³-hybridized carbons (Fsp3) is 0.700. The number of halogens is 3. The number of nitrogens with one attached hydrogen (secondary N) is 1. The summed E-state index contributed by atoms with van der Waals surface area (Å²) in [5, 5.41) is 7.24. The molecule has 5 nitrogen and oxygen atoms in total.